The summed E-state index contributed by atoms with van der Waals surface area (Å²) in [6.07, 6.45) is 2.87. The Labute approximate surface area is 100 Å². The topological polar surface area (TPSA) is 45.0 Å². The highest BCUT2D eigenvalue weighted by atomic mass is 19.1. The molecule has 1 aliphatic heterocycles. The molecule has 1 unspecified atom stereocenters. The standard InChI is InChI=1S/C13H15FN2O/c14-12-4-1-5-13(11(12)9-15)16-10-3-2-7-17-8-6-10/h1,4-5,10,16H,2-3,6-8H2. The van der Waals surface area contributed by atoms with Crippen LogP contribution in [-0.4, -0.2) is 19.3 Å². The van der Waals surface area contributed by atoms with Gasteiger partial charge >= 0.3 is 0 Å². The van der Waals surface area contributed by atoms with E-state index in [0.717, 1.165) is 32.5 Å². The number of hydrogen-bond acceptors (Lipinski definition) is 3. The molecule has 1 aliphatic rings. The van der Waals surface area contributed by atoms with E-state index in [-0.39, 0.29) is 11.6 Å². The number of benzene rings is 1. The first-order valence-electron chi connectivity index (χ1n) is 5.84. The minimum atomic E-state index is -0.470. The van der Waals surface area contributed by atoms with Crippen LogP contribution in [0.4, 0.5) is 10.1 Å². The van der Waals surface area contributed by atoms with Crippen LogP contribution in [0.3, 0.4) is 0 Å². The number of nitrogens with one attached hydrogen (secondary N) is 1. The van der Waals surface area contributed by atoms with E-state index in [9.17, 15) is 4.39 Å². The Morgan fingerprint density at radius 3 is 3.06 bits per heavy atom. The maximum absolute atomic E-state index is 13.4. The molecule has 0 spiro atoms. The molecule has 1 aromatic rings. The molecule has 90 valence electrons. The third-order valence-corrected chi connectivity index (χ3v) is 2.94. The second-order valence-corrected chi connectivity index (χ2v) is 4.16. The molecule has 1 fully saturated rings. The summed E-state index contributed by atoms with van der Waals surface area (Å²) in [5.74, 6) is -0.470. The number of rotatable bonds is 2. The molecule has 1 saturated heterocycles. The van der Waals surface area contributed by atoms with Gasteiger partial charge in [-0.05, 0) is 31.4 Å². The van der Waals surface area contributed by atoms with E-state index in [1.54, 1.807) is 12.1 Å². The van der Waals surface area contributed by atoms with Crippen molar-refractivity contribution in [2.45, 2.75) is 25.3 Å². The van der Waals surface area contributed by atoms with Gasteiger partial charge in [-0.1, -0.05) is 6.07 Å². The minimum absolute atomic E-state index is 0.0951. The van der Waals surface area contributed by atoms with Crippen LogP contribution in [-0.2, 0) is 4.74 Å². The van der Waals surface area contributed by atoms with Crippen molar-refractivity contribution in [3.63, 3.8) is 0 Å². The highest BCUT2D eigenvalue weighted by Crippen LogP contribution is 2.21. The Kier molecular flexibility index (Phi) is 3.94. The molecular formula is C13H15FN2O. The fourth-order valence-electron chi connectivity index (χ4n) is 2.03. The number of anilines is 1. The third-order valence-electron chi connectivity index (χ3n) is 2.94. The molecular weight excluding hydrogens is 219 g/mol. The van der Waals surface area contributed by atoms with Gasteiger partial charge < -0.3 is 10.1 Å². The summed E-state index contributed by atoms with van der Waals surface area (Å²) in [7, 11) is 0. The van der Waals surface area contributed by atoms with Crippen molar-refractivity contribution in [2.75, 3.05) is 18.5 Å². The average molecular weight is 234 g/mol. The minimum Gasteiger partial charge on any atom is -0.381 e. The Bertz CT molecular complexity index is 420. The van der Waals surface area contributed by atoms with E-state index in [0.29, 0.717) is 5.69 Å². The summed E-state index contributed by atoms with van der Waals surface area (Å²) in [6, 6.07) is 6.82. The van der Waals surface area contributed by atoms with E-state index in [4.69, 9.17) is 10.00 Å². The lowest BCUT2D eigenvalue weighted by molar-refractivity contribution is 0.144. The van der Waals surface area contributed by atoms with E-state index in [1.165, 1.54) is 6.07 Å². The Morgan fingerprint density at radius 2 is 2.24 bits per heavy atom. The molecule has 0 aliphatic carbocycles. The summed E-state index contributed by atoms with van der Waals surface area (Å²) in [4.78, 5) is 0. The van der Waals surface area contributed by atoms with Crippen LogP contribution in [0.15, 0.2) is 18.2 Å². The molecule has 1 heterocycles. The molecule has 0 aromatic heterocycles. The lowest BCUT2D eigenvalue weighted by atomic mass is 10.1. The zero-order valence-corrected chi connectivity index (χ0v) is 9.58. The van der Waals surface area contributed by atoms with Crippen molar-refractivity contribution < 1.29 is 9.13 Å². The van der Waals surface area contributed by atoms with Gasteiger partial charge in [0.1, 0.15) is 17.4 Å². The predicted octanol–water partition coefficient (Wildman–Crippen LogP) is 2.68. The Morgan fingerprint density at radius 1 is 1.35 bits per heavy atom. The number of nitriles is 1. The number of hydrogen-bond donors (Lipinski definition) is 1. The molecule has 1 atom stereocenters. The molecule has 0 bridgehead atoms. The second kappa shape index (κ2) is 5.65. The summed E-state index contributed by atoms with van der Waals surface area (Å²) in [5.41, 5.74) is 0.678. The van der Waals surface area contributed by atoms with Crippen LogP contribution in [0.25, 0.3) is 0 Å². The van der Waals surface area contributed by atoms with Crippen LogP contribution in [0.5, 0.6) is 0 Å². The van der Waals surface area contributed by atoms with Gasteiger partial charge in [-0.3, -0.25) is 0 Å². The number of halogens is 1. The molecule has 1 N–H and O–H groups in total. The first-order chi connectivity index (χ1) is 8.31. The molecule has 4 heteroatoms. The van der Waals surface area contributed by atoms with Gasteiger partial charge in [0, 0.05) is 19.3 Å². The molecule has 0 radical (unpaired) electrons. The average Bonchev–Trinajstić information content (AvgIpc) is 2.58. The molecule has 0 saturated carbocycles. The molecule has 2 rings (SSSR count). The fourth-order valence-corrected chi connectivity index (χ4v) is 2.03. The first kappa shape index (κ1) is 11.9. The van der Waals surface area contributed by atoms with Crippen LogP contribution < -0.4 is 5.32 Å². The van der Waals surface area contributed by atoms with Crippen LogP contribution >= 0.6 is 0 Å². The molecule has 0 amide bonds. The Hall–Kier alpha value is -1.60. The summed E-state index contributed by atoms with van der Waals surface area (Å²) in [6.45, 7) is 1.50. The van der Waals surface area contributed by atoms with E-state index in [1.807, 2.05) is 6.07 Å². The monoisotopic (exact) mass is 234 g/mol. The van der Waals surface area contributed by atoms with Gasteiger partial charge in [-0.25, -0.2) is 4.39 Å². The number of nitrogens with zero attached hydrogens (tertiary/aromatic N) is 1. The highest BCUT2D eigenvalue weighted by Gasteiger charge is 2.15. The van der Waals surface area contributed by atoms with Crippen LogP contribution in [0.2, 0.25) is 0 Å². The van der Waals surface area contributed by atoms with E-state index >= 15 is 0 Å². The molecule has 3 nitrogen and oxygen atoms in total. The fraction of sp³-hybridized carbons (Fsp3) is 0.462. The summed E-state index contributed by atoms with van der Waals surface area (Å²) < 4.78 is 18.8. The Balaban J connectivity index is 2.12. The second-order valence-electron chi connectivity index (χ2n) is 4.16. The quantitative estimate of drug-likeness (QED) is 0.855. The van der Waals surface area contributed by atoms with Crippen LogP contribution in [0, 0.1) is 17.1 Å². The number of ether oxygens (including phenoxy) is 1. The zero-order chi connectivity index (χ0) is 12.1. The lowest BCUT2D eigenvalue weighted by Gasteiger charge is -2.18. The summed E-state index contributed by atoms with van der Waals surface area (Å²) >= 11 is 0. The van der Waals surface area contributed by atoms with E-state index in [2.05, 4.69) is 5.32 Å². The van der Waals surface area contributed by atoms with Crippen molar-refractivity contribution in [3.8, 4) is 6.07 Å². The molecule has 17 heavy (non-hydrogen) atoms. The van der Waals surface area contributed by atoms with Crippen molar-refractivity contribution in [1.82, 2.24) is 0 Å². The zero-order valence-electron chi connectivity index (χ0n) is 9.58. The van der Waals surface area contributed by atoms with Crippen molar-refractivity contribution in [2.24, 2.45) is 0 Å². The van der Waals surface area contributed by atoms with Gasteiger partial charge in [0.15, 0.2) is 0 Å². The van der Waals surface area contributed by atoms with Gasteiger partial charge in [-0.15, -0.1) is 0 Å². The maximum Gasteiger partial charge on any atom is 0.143 e. The normalized spacial score (nSPS) is 20.4. The highest BCUT2D eigenvalue weighted by molar-refractivity contribution is 5.58. The summed E-state index contributed by atoms with van der Waals surface area (Å²) in [5, 5.41) is 12.2. The third kappa shape index (κ3) is 2.95. The SMILES string of the molecule is N#Cc1c(F)cccc1NC1CCCOCC1. The van der Waals surface area contributed by atoms with Crippen molar-refractivity contribution in [3.05, 3.63) is 29.6 Å². The van der Waals surface area contributed by atoms with Gasteiger partial charge in [0.2, 0.25) is 0 Å². The largest absolute Gasteiger partial charge is 0.381 e. The van der Waals surface area contributed by atoms with Crippen molar-refractivity contribution >= 4 is 5.69 Å². The predicted molar refractivity (Wildman–Crippen MR) is 63.2 cm³/mol. The van der Waals surface area contributed by atoms with E-state index < -0.39 is 5.82 Å². The smallest absolute Gasteiger partial charge is 0.143 e. The first-order valence-corrected chi connectivity index (χ1v) is 5.84. The molecule has 1 aromatic carbocycles. The van der Waals surface area contributed by atoms with Gasteiger partial charge in [0.05, 0.1) is 5.69 Å². The maximum atomic E-state index is 13.4. The van der Waals surface area contributed by atoms with Gasteiger partial charge in [0.25, 0.3) is 0 Å². The van der Waals surface area contributed by atoms with Crippen LogP contribution in [0.1, 0.15) is 24.8 Å². The van der Waals surface area contributed by atoms with Crippen molar-refractivity contribution in [1.29, 1.82) is 5.26 Å². The lowest BCUT2D eigenvalue weighted by Crippen LogP contribution is -2.20. The van der Waals surface area contributed by atoms with Gasteiger partial charge in [-0.2, -0.15) is 5.26 Å².